The second-order valence-electron chi connectivity index (χ2n) is 7.53. The maximum Gasteiger partial charge on any atom is 0.255 e. The number of aryl methyl sites for hydroxylation is 2. The van der Waals surface area contributed by atoms with Crippen molar-refractivity contribution in [3.05, 3.63) is 47.2 Å². The van der Waals surface area contributed by atoms with E-state index in [4.69, 9.17) is 14.7 Å². The Morgan fingerprint density at radius 2 is 1.86 bits per heavy atom. The van der Waals surface area contributed by atoms with Crippen molar-refractivity contribution < 1.29 is 9.53 Å². The van der Waals surface area contributed by atoms with Crippen LogP contribution in [0.15, 0.2) is 24.4 Å². The average molecular weight is 381 g/mol. The Labute approximate surface area is 165 Å². The van der Waals surface area contributed by atoms with Crippen LogP contribution in [0.1, 0.15) is 46.3 Å². The van der Waals surface area contributed by atoms with Gasteiger partial charge in [0, 0.05) is 55.7 Å². The first-order chi connectivity index (χ1) is 13.6. The molecule has 0 aromatic carbocycles. The van der Waals surface area contributed by atoms with E-state index >= 15 is 0 Å². The summed E-state index contributed by atoms with van der Waals surface area (Å²) in [5, 5.41) is 0. The number of carbonyl (C=O) groups is 1. The average Bonchev–Trinajstić information content (AvgIpc) is 2.74. The number of aromatic nitrogens is 3. The van der Waals surface area contributed by atoms with Crippen LogP contribution in [-0.2, 0) is 4.74 Å². The molecule has 0 N–H and O–H groups in total. The molecule has 4 heterocycles. The molecule has 0 spiro atoms. The number of anilines is 1. The van der Waals surface area contributed by atoms with Crippen LogP contribution in [0.4, 0.5) is 5.82 Å². The molecule has 0 aliphatic carbocycles. The lowest BCUT2D eigenvalue weighted by molar-refractivity contribution is 0.0709. The van der Waals surface area contributed by atoms with Crippen molar-refractivity contribution >= 4 is 11.7 Å². The van der Waals surface area contributed by atoms with Gasteiger partial charge in [0.2, 0.25) is 0 Å². The Balaban J connectivity index is 1.44. The summed E-state index contributed by atoms with van der Waals surface area (Å²) in [6.45, 7) is 8.58. The van der Waals surface area contributed by atoms with E-state index in [1.807, 2.05) is 30.9 Å². The van der Waals surface area contributed by atoms with Crippen molar-refractivity contribution in [1.82, 2.24) is 19.9 Å². The van der Waals surface area contributed by atoms with Crippen molar-refractivity contribution in [2.45, 2.75) is 32.6 Å². The Kier molecular flexibility index (Phi) is 5.52. The Bertz CT molecular complexity index is 842. The van der Waals surface area contributed by atoms with Gasteiger partial charge in [-0.3, -0.25) is 9.78 Å². The lowest BCUT2D eigenvalue weighted by atomic mass is 9.95. The lowest BCUT2D eigenvalue weighted by Crippen LogP contribution is -2.39. The minimum atomic E-state index is 0.0724. The fourth-order valence-corrected chi connectivity index (χ4v) is 3.93. The number of hydrogen-bond acceptors (Lipinski definition) is 6. The van der Waals surface area contributed by atoms with Crippen LogP contribution in [0, 0.1) is 13.8 Å². The summed E-state index contributed by atoms with van der Waals surface area (Å²) in [6, 6.07) is 5.73. The van der Waals surface area contributed by atoms with Gasteiger partial charge in [-0.25, -0.2) is 9.97 Å². The molecule has 0 saturated carbocycles. The molecule has 2 aliphatic heterocycles. The van der Waals surface area contributed by atoms with Crippen LogP contribution in [0.2, 0.25) is 0 Å². The van der Waals surface area contributed by atoms with Crippen LogP contribution in [0.3, 0.4) is 0 Å². The minimum Gasteiger partial charge on any atom is -0.378 e. The van der Waals surface area contributed by atoms with E-state index in [1.54, 1.807) is 6.20 Å². The predicted molar refractivity (Wildman–Crippen MR) is 107 cm³/mol. The summed E-state index contributed by atoms with van der Waals surface area (Å²) in [7, 11) is 0. The number of piperidine rings is 1. The molecular formula is C21H27N5O2. The lowest BCUT2D eigenvalue weighted by Gasteiger charge is -2.32. The number of rotatable bonds is 3. The van der Waals surface area contributed by atoms with Gasteiger partial charge < -0.3 is 14.5 Å². The molecule has 0 unspecified atom stereocenters. The van der Waals surface area contributed by atoms with Gasteiger partial charge in [0.05, 0.1) is 18.8 Å². The van der Waals surface area contributed by atoms with Gasteiger partial charge in [-0.2, -0.15) is 0 Å². The van der Waals surface area contributed by atoms with E-state index in [1.165, 1.54) is 0 Å². The van der Waals surface area contributed by atoms with Crippen LogP contribution < -0.4 is 4.90 Å². The van der Waals surface area contributed by atoms with Crippen molar-refractivity contribution in [2.24, 2.45) is 0 Å². The normalized spacial score (nSPS) is 18.4. The third-order valence-electron chi connectivity index (χ3n) is 5.58. The van der Waals surface area contributed by atoms with E-state index in [2.05, 4.69) is 16.0 Å². The third-order valence-corrected chi connectivity index (χ3v) is 5.58. The largest absolute Gasteiger partial charge is 0.378 e. The molecule has 2 aliphatic rings. The molecule has 148 valence electrons. The summed E-state index contributed by atoms with van der Waals surface area (Å²) in [4.78, 5) is 30.8. The maximum absolute atomic E-state index is 12.8. The highest BCUT2D eigenvalue weighted by Crippen LogP contribution is 2.28. The fourth-order valence-electron chi connectivity index (χ4n) is 3.93. The van der Waals surface area contributed by atoms with Crippen LogP contribution in [0.25, 0.3) is 0 Å². The van der Waals surface area contributed by atoms with Gasteiger partial charge in [0.1, 0.15) is 11.6 Å². The van der Waals surface area contributed by atoms with Crippen molar-refractivity contribution in [2.75, 3.05) is 44.3 Å². The van der Waals surface area contributed by atoms with Gasteiger partial charge in [-0.1, -0.05) is 0 Å². The Hall–Kier alpha value is -2.54. The first kappa shape index (κ1) is 18.8. The summed E-state index contributed by atoms with van der Waals surface area (Å²) in [5.74, 6) is 2.27. The number of pyridine rings is 1. The molecule has 7 heteroatoms. The zero-order valence-corrected chi connectivity index (χ0v) is 16.6. The molecule has 2 aromatic heterocycles. The molecule has 1 amide bonds. The number of ether oxygens (including phenoxy) is 1. The Morgan fingerprint density at radius 3 is 2.57 bits per heavy atom. The van der Waals surface area contributed by atoms with E-state index in [9.17, 15) is 4.79 Å². The van der Waals surface area contributed by atoms with Crippen molar-refractivity contribution in [1.29, 1.82) is 0 Å². The topological polar surface area (TPSA) is 71.5 Å². The fraction of sp³-hybridized carbons (Fsp3) is 0.524. The minimum absolute atomic E-state index is 0.0724. The third kappa shape index (κ3) is 3.99. The van der Waals surface area contributed by atoms with Gasteiger partial charge in [-0.05, 0) is 38.8 Å². The second kappa shape index (κ2) is 8.22. The molecule has 28 heavy (non-hydrogen) atoms. The maximum atomic E-state index is 12.8. The van der Waals surface area contributed by atoms with E-state index in [-0.39, 0.29) is 5.91 Å². The molecule has 2 saturated heterocycles. The summed E-state index contributed by atoms with van der Waals surface area (Å²) in [6.07, 6.45) is 3.49. The summed E-state index contributed by atoms with van der Waals surface area (Å²) >= 11 is 0. The standard InChI is InChI=1S/C21H27N5O2/c1-15-14-19(25-10-12-28-13-11-25)24-20(23-15)17-5-8-26(9-6-17)21(27)18-4-3-7-22-16(18)2/h3-4,7,14,17H,5-6,8-13H2,1-2H3. The molecule has 0 bridgehead atoms. The van der Waals surface area contributed by atoms with E-state index in [0.29, 0.717) is 11.5 Å². The smallest absolute Gasteiger partial charge is 0.255 e. The molecule has 0 radical (unpaired) electrons. The predicted octanol–water partition coefficient (Wildman–Crippen LogP) is 2.34. The molecule has 0 atom stereocenters. The van der Waals surface area contributed by atoms with Crippen LogP contribution >= 0.6 is 0 Å². The zero-order valence-electron chi connectivity index (χ0n) is 16.6. The highest BCUT2D eigenvalue weighted by atomic mass is 16.5. The quantitative estimate of drug-likeness (QED) is 0.813. The SMILES string of the molecule is Cc1cc(N2CCOCC2)nc(C2CCN(C(=O)c3cccnc3C)CC2)n1. The van der Waals surface area contributed by atoms with Crippen LogP contribution in [-0.4, -0.2) is 65.2 Å². The number of amides is 1. The van der Waals surface area contributed by atoms with E-state index < -0.39 is 0 Å². The number of likely N-dealkylation sites (tertiary alicyclic amines) is 1. The highest BCUT2D eigenvalue weighted by Gasteiger charge is 2.27. The number of morpholine rings is 1. The number of carbonyl (C=O) groups excluding carboxylic acids is 1. The first-order valence-electron chi connectivity index (χ1n) is 10.0. The van der Waals surface area contributed by atoms with Gasteiger partial charge >= 0.3 is 0 Å². The molecular weight excluding hydrogens is 354 g/mol. The van der Waals surface area contributed by atoms with Gasteiger partial charge in [0.25, 0.3) is 5.91 Å². The van der Waals surface area contributed by atoms with Crippen molar-refractivity contribution in [3.63, 3.8) is 0 Å². The zero-order chi connectivity index (χ0) is 19.5. The molecule has 2 aromatic rings. The first-order valence-corrected chi connectivity index (χ1v) is 10.0. The molecule has 7 nitrogen and oxygen atoms in total. The van der Waals surface area contributed by atoms with E-state index in [0.717, 1.165) is 75.3 Å². The van der Waals surface area contributed by atoms with Gasteiger partial charge in [-0.15, -0.1) is 0 Å². The number of hydrogen-bond donors (Lipinski definition) is 0. The molecule has 2 fully saturated rings. The summed E-state index contributed by atoms with van der Waals surface area (Å²) < 4.78 is 5.45. The van der Waals surface area contributed by atoms with Gasteiger partial charge in [0.15, 0.2) is 0 Å². The number of nitrogens with zero attached hydrogens (tertiary/aromatic N) is 5. The second-order valence-corrected chi connectivity index (χ2v) is 7.53. The van der Waals surface area contributed by atoms with Crippen LogP contribution in [0.5, 0.6) is 0 Å². The van der Waals surface area contributed by atoms with Crippen molar-refractivity contribution in [3.8, 4) is 0 Å². The molecule has 4 rings (SSSR count). The Morgan fingerprint density at radius 1 is 1.11 bits per heavy atom. The monoisotopic (exact) mass is 381 g/mol. The highest BCUT2D eigenvalue weighted by molar-refractivity contribution is 5.95. The summed E-state index contributed by atoms with van der Waals surface area (Å²) in [5.41, 5.74) is 2.48.